The molecule has 0 aliphatic carbocycles. The molecule has 0 radical (unpaired) electrons. The first-order chi connectivity index (χ1) is 8.50. The largest absolute Gasteiger partial charge is 0.467 e. The van der Waals surface area contributed by atoms with Crippen molar-refractivity contribution in [2.75, 3.05) is 5.32 Å². The molecule has 1 N–H and O–H groups in total. The van der Waals surface area contributed by atoms with Crippen LogP contribution >= 0.6 is 0 Å². The van der Waals surface area contributed by atoms with Crippen LogP contribution in [0.25, 0.3) is 0 Å². The predicted octanol–water partition coefficient (Wildman–Crippen LogP) is 3.05. The topological polar surface area (TPSA) is 75.0 Å². The Kier molecular flexibility index (Phi) is 3.11. The summed E-state index contributed by atoms with van der Waals surface area (Å²) in [7, 11) is 0. The Morgan fingerprint density at radius 3 is 2.78 bits per heavy atom. The van der Waals surface area contributed by atoms with Crippen molar-refractivity contribution in [2.24, 2.45) is 0 Å². The highest BCUT2D eigenvalue weighted by atomic mass is 16.4. The van der Waals surface area contributed by atoms with Crippen LogP contribution in [0, 0.1) is 11.3 Å². The molecule has 0 fully saturated rings. The van der Waals surface area contributed by atoms with Gasteiger partial charge in [0.15, 0.2) is 0 Å². The van der Waals surface area contributed by atoms with Gasteiger partial charge in [-0.1, -0.05) is 20.8 Å². The van der Waals surface area contributed by atoms with Crippen LogP contribution in [0.2, 0.25) is 0 Å². The van der Waals surface area contributed by atoms with Crippen LogP contribution in [0.15, 0.2) is 27.2 Å². The molecule has 0 spiro atoms. The van der Waals surface area contributed by atoms with E-state index in [-0.39, 0.29) is 11.1 Å². The Hall–Kier alpha value is -2.22. The summed E-state index contributed by atoms with van der Waals surface area (Å²) < 4.78 is 10.8. The molecule has 5 heteroatoms. The Morgan fingerprint density at radius 1 is 1.44 bits per heavy atom. The monoisotopic (exact) mass is 245 g/mol. The number of nitrogens with zero attached hydrogens (tertiary/aromatic N) is 2. The van der Waals surface area contributed by atoms with Crippen LogP contribution in [0.1, 0.15) is 38.1 Å². The van der Waals surface area contributed by atoms with E-state index >= 15 is 0 Å². The summed E-state index contributed by atoms with van der Waals surface area (Å²) in [5.74, 6) is 1.70. The summed E-state index contributed by atoms with van der Waals surface area (Å²) in [6.07, 6.45) is 1.60. The van der Waals surface area contributed by atoms with Crippen molar-refractivity contribution in [2.45, 2.75) is 32.7 Å². The number of nitriles is 1. The summed E-state index contributed by atoms with van der Waals surface area (Å²) in [6.45, 7) is 6.41. The molecule has 0 aliphatic heterocycles. The number of anilines is 1. The lowest BCUT2D eigenvalue weighted by atomic mass is 9.97. The Labute approximate surface area is 105 Å². The summed E-state index contributed by atoms with van der Waals surface area (Å²) in [4.78, 5) is 4.18. The SMILES string of the molecule is CC(C)(C)c1nc(C#N)c(NCc2ccco2)o1. The first-order valence-corrected chi connectivity index (χ1v) is 5.68. The fraction of sp³-hybridized carbons (Fsp3) is 0.385. The molecular formula is C13H15N3O2. The summed E-state index contributed by atoms with van der Waals surface area (Å²) >= 11 is 0. The van der Waals surface area contributed by atoms with Gasteiger partial charge in [-0.15, -0.1) is 0 Å². The molecule has 0 aromatic carbocycles. The van der Waals surface area contributed by atoms with Gasteiger partial charge in [-0.3, -0.25) is 0 Å². The van der Waals surface area contributed by atoms with Crippen molar-refractivity contribution in [1.29, 1.82) is 5.26 Å². The van der Waals surface area contributed by atoms with Crippen LogP contribution in [-0.2, 0) is 12.0 Å². The van der Waals surface area contributed by atoms with Crippen molar-refractivity contribution in [3.8, 4) is 6.07 Å². The highest BCUT2D eigenvalue weighted by Gasteiger charge is 2.23. The normalized spacial score (nSPS) is 11.2. The zero-order chi connectivity index (χ0) is 13.2. The van der Waals surface area contributed by atoms with Crippen molar-refractivity contribution < 1.29 is 8.83 Å². The standard InChI is InChI=1S/C13H15N3O2/c1-13(2,3)12-16-10(7-14)11(18-12)15-8-9-5-4-6-17-9/h4-6,15H,8H2,1-3H3. The van der Waals surface area contributed by atoms with Gasteiger partial charge in [-0.25, -0.2) is 0 Å². The second-order valence-electron chi connectivity index (χ2n) is 4.99. The molecule has 94 valence electrons. The molecule has 0 amide bonds. The third kappa shape index (κ3) is 2.54. The molecule has 5 nitrogen and oxygen atoms in total. The maximum absolute atomic E-state index is 9.02. The van der Waals surface area contributed by atoms with Crippen LogP contribution < -0.4 is 5.32 Å². The Balaban J connectivity index is 2.17. The van der Waals surface area contributed by atoms with E-state index < -0.39 is 0 Å². The van der Waals surface area contributed by atoms with E-state index in [4.69, 9.17) is 14.1 Å². The summed E-state index contributed by atoms with van der Waals surface area (Å²) in [6, 6.07) is 5.68. The minimum Gasteiger partial charge on any atom is -0.467 e. The maximum atomic E-state index is 9.02. The lowest BCUT2D eigenvalue weighted by Crippen LogP contribution is -2.11. The molecule has 0 aliphatic rings. The number of furan rings is 1. The molecule has 0 atom stereocenters. The highest BCUT2D eigenvalue weighted by molar-refractivity contribution is 5.45. The minimum absolute atomic E-state index is 0.226. The van der Waals surface area contributed by atoms with E-state index in [0.717, 1.165) is 5.76 Å². The second-order valence-corrected chi connectivity index (χ2v) is 4.99. The Morgan fingerprint density at radius 2 is 2.22 bits per heavy atom. The van der Waals surface area contributed by atoms with Gasteiger partial charge in [0.1, 0.15) is 11.8 Å². The number of aromatic nitrogens is 1. The smallest absolute Gasteiger partial charge is 0.232 e. The molecule has 0 unspecified atom stereocenters. The molecule has 18 heavy (non-hydrogen) atoms. The number of nitrogens with one attached hydrogen (secondary N) is 1. The van der Waals surface area contributed by atoms with Gasteiger partial charge < -0.3 is 14.2 Å². The predicted molar refractivity (Wildman–Crippen MR) is 66.0 cm³/mol. The summed E-state index contributed by atoms with van der Waals surface area (Å²) in [5.41, 5.74) is 0.0439. The maximum Gasteiger partial charge on any atom is 0.232 e. The molecular weight excluding hydrogens is 230 g/mol. The van der Waals surface area contributed by atoms with Crippen LogP contribution in [0.3, 0.4) is 0 Å². The zero-order valence-electron chi connectivity index (χ0n) is 10.7. The zero-order valence-corrected chi connectivity index (χ0v) is 10.7. The lowest BCUT2D eigenvalue weighted by molar-refractivity contribution is 0.398. The van der Waals surface area contributed by atoms with Crippen LogP contribution in [-0.4, -0.2) is 4.98 Å². The van der Waals surface area contributed by atoms with E-state index in [1.165, 1.54) is 0 Å². The first-order valence-electron chi connectivity index (χ1n) is 5.68. The quantitative estimate of drug-likeness (QED) is 0.899. The number of oxazole rings is 1. The van der Waals surface area contributed by atoms with Gasteiger partial charge in [0.25, 0.3) is 0 Å². The fourth-order valence-corrected chi connectivity index (χ4v) is 1.42. The third-order valence-corrected chi connectivity index (χ3v) is 2.38. The van der Waals surface area contributed by atoms with E-state index in [0.29, 0.717) is 18.3 Å². The molecule has 2 rings (SSSR count). The minimum atomic E-state index is -0.226. The van der Waals surface area contributed by atoms with Crippen molar-refractivity contribution in [3.63, 3.8) is 0 Å². The highest BCUT2D eigenvalue weighted by Crippen LogP contribution is 2.26. The van der Waals surface area contributed by atoms with Gasteiger partial charge in [0.2, 0.25) is 17.5 Å². The van der Waals surface area contributed by atoms with Crippen molar-refractivity contribution in [1.82, 2.24) is 4.98 Å². The molecule has 0 saturated carbocycles. The van der Waals surface area contributed by atoms with Gasteiger partial charge >= 0.3 is 0 Å². The average molecular weight is 245 g/mol. The van der Waals surface area contributed by atoms with Gasteiger partial charge in [-0.2, -0.15) is 10.2 Å². The third-order valence-electron chi connectivity index (χ3n) is 2.38. The van der Waals surface area contributed by atoms with Crippen LogP contribution in [0.5, 0.6) is 0 Å². The van der Waals surface area contributed by atoms with E-state index in [1.54, 1.807) is 6.26 Å². The summed E-state index contributed by atoms with van der Waals surface area (Å²) in [5, 5.41) is 12.0. The van der Waals surface area contributed by atoms with Gasteiger partial charge in [-0.05, 0) is 12.1 Å². The molecule has 2 heterocycles. The van der Waals surface area contributed by atoms with Gasteiger partial charge in [0, 0.05) is 5.41 Å². The van der Waals surface area contributed by atoms with Crippen molar-refractivity contribution in [3.05, 3.63) is 35.7 Å². The van der Waals surface area contributed by atoms with E-state index in [1.807, 2.05) is 39.0 Å². The Bertz CT molecular complexity index is 556. The van der Waals surface area contributed by atoms with Crippen LogP contribution in [0.4, 0.5) is 5.88 Å². The molecule has 0 bridgehead atoms. The van der Waals surface area contributed by atoms with E-state index in [2.05, 4.69) is 10.3 Å². The fourth-order valence-electron chi connectivity index (χ4n) is 1.42. The number of hydrogen-bond donors (Lipinski definition) is 1. The average Bonchev–Trinajstić information content (AvgIpc) is 2.94. The molecule has 2 aromatic rings. The molecule has 2 aromatic heterocycles. The lowest BCUT2D eigenvalue weighted by Gasteiger charge is -2.11. The second kappa shape index (κ2) is 4.57. The first kappa shape index (κ1) is 12.2. The molecule has 0 saturated heterocycles. The van der Waals surface area contributed by atoms with E-state index in [9.17, 15) is 0 Å². The van der Waals surface area contributed by atoms with Crippen molar-refractivity contribution >= 4 is 5.88 Å². The number of hydrogen-bond acceptors (Lipinski definition) is 5. The number of rotatable bonds is 3. The van der Waals surface area contributed by atoms with Gasteiger partial charge in [0.05, 0.1) is 12.8 Å².